The summed E-state index contributed by atoms with van der Waals surface area (Å²) in [4.78, 5) is 12.2. The van der Waals surface area contributed by atoms with Crippen LogP contribution in [0.2, 0.25) is 10.0 Å². The Morgan fingerprint density at radius 3 is 2.38 bits per heavy atom. The van der Waals surface area contributed by atoms with Crippen LogP contribution in [-0.4, -0.2) is 20.9 Å². The van der Waals surface area contributed by atoms with Crippen molar-refractivity contribution in [2.75, 3.05) is 6.54 Å². The van der Waals surface area contributed by atoms with Crippen LogP contribution < -0.4 is 10.0 Å². The Bertz CT molecular complexity index is 884. The fraction of sp³-hybridized carbons (Fsp3) is 0.278. The SMILES string of the molecule is Cc1ccc(S(=O)(=O)NCCC(=O)N[C@@H](C)c2ccc(Cl)cc2Cl)cc1. The molecule has 8 heteroatoms. The van der Waals surface area contributed by atoms with Crippen LogP contribution in [0.15, 0.2) is 47.4 Å². The number of nitrogens with one attached hydrogen (secondary N) is 2. The molecule has 0 spiro atoms. The molecule has 0 aliphatic carbocycles. The number of hydrogen-bond donors (Lipinski definition) is 2. The number of halogens is 2. The van der Waals surface area contributed by atoms with Crippen LogP contribution in [0, 0.1) is 6.92 Å². The van der Waals surface area contributed by atoms with E-state index in [0.717, 1.165) is 11.1 Å². The molecule has 0 aromatic heterocycles. The van der Waals surface area contributed by atoms with E-state index in [2.05, 4.69) is 10.0 Å². The number of carbonyl (C=O) groups excluding carboxylic acids is 1. The summed E-state index contributed by atoms with van der Waals surface area (Å²) >= 11 is 12.0. The lowest BCUT2D eigenvalue weighted by Crippen LogP contribution is -2.32. The Balaban J connectivity index is 1.87. The first-order valence-electron chi connectivity index (χ1n) is 7.99. The van der Waals surface area contributed by atoms with Crippen molar-refractivity contribution in [1.82, 2.24) is 10.0 Å². The Hall–Kier alpha value is -1.60. The summed E-state index contributed by atoms with van der Waals surface area (Å²) < 4.78 is 26.8. The average Bonchev–Trinajstić information content (AvgIpc) is 2.54. The molecule has 2 rings (SSSR count). The van der Waals surface area contributed by atoms with Crippen LogP contribution in [-0.2, 0) is 14.8 Å². The van der Waals surface area contributed by atoms with E-state index in [-0.39, 0.29) is 29.8 Å². The van der Waals surface area contributed by atoms with Crippen molar-refractivity contribution >= 4 is 39.1 Å². The highest BCUT2D eigenvalue weighted by molar-refractivity contribution is 7.89. The zero-order valence-electron chi connectivity index (χ0n) is 14.4. The zero-order chi connectivity index (χ0) is 19.3. The van der Waals surface area contributed by atoms with E-state index in [0.29, 0.717) is 10.0 Å². The van der Waals surface area contributed by atoms with Gasteiger partial charge in [-0.05, 0) is 43.7 Å². The van der Waals surface area contributed by atoms with Gasteiger partial charge in [0, 0.05) is 23.0 Å². The predicted octanol–water partition coefficient (Wildman–Crippen LogP) is 3.85. The van der Waals surface area contributed by atoms with Crippen LogP contribution in [0.5, 0.6) is 0 Å². The van der Waals surface area contributed by atoms with Crippen molar-refractivity contribution in [2.45, 2.75) is 31.2 Å². The first-order valence-corrected chi connectivity index (χ1v) is 10.2. The molecule has 0 radical (unpaired) electrons. The molecule has 140 valence electrons. The van der Waals surface area contributed by atoms with Crippen molar-refractivity contribution < 1.29 is 13.2 Å². The van der Waals surface area contributed by atoms with Crippen LogP contribution >= 0.6 is 23.2 Å². The van der Waals surface area contributed by atoms with Crippen LogP contribution in [0.3, 0.4) is 0 Å². The van der Waals surface area contributed by atoms with E-state index in [1.54, 1.807) is 37.3 Å². The Morgan fingerprint density at radius 1 is 1.12 bits per heavy atom. The van der Waals surface area contributed by atoms with Gasteiger partial charge in [-0.3, -0.25) is 4.79 Å². The van der Waals surface area contributed by atoms with Gasteiger partial charge in [-0.1, -0.05) is 47.0 Å². The molecule has 0 aliphatic rings. The van der Waals surface area contributed by atoms with E-state index in [1.807, 2.05) is 6.92 Å². The number of aryl methyl sites for hydroxylation is 1. The highest BCUT2D eigenvalue weighted by atomic mass is 35.5. The fourth-order valence-electron chi connectivity index (χ4n) is 2.34. The van der Waals surface area contributed by atoms with E-state index in [9.17, 15) is 13.2 Å². The quantitative estimate of drug-likeness (QED) is 0.722. The zero-order valence-corrected chi connectivity index (χ0v) is 16.8. The molecule has 0 fully saturated rings. The predicted molar refractivity (Wildman–Crippen MR) is 104 cm³/mol. The molecule has 1 atom stereocenters. The van der Waals surface area contributed by atoms with Crippen LogP contribution in [0.1, 0.15) is 30.5 Å². The van der Waals surface area contributed by atoms with E-state index < -0.39 is 10.0 Å². The Kier molecular flexibility index (Phi) is 7.06. The first-order chi connectivity index (χ1) is 12.2. The van der Waals surface area contributed by atoms with E-state index >= 15 is 0 Å². The minimum absolute atomic E-state index is 0.00309. The molecule has 1 amide bonds. The van der Waals surface area contributed by atoms with Crippen LogP contribution in [0.25, 0.3) is 0 Å². The monoisotopic (exact) mass is 414 g/mol. The van der Waals surface area contributed by atoms with Gasteiger partial charge in [0.15, 0.2) is 0 Å². The topological polar surface area (TPSA) is 75.3 Å². The summed E-state index contributed by atoms with van der Waals surface area (Å²) in [5.41, 5.74) is 1.71. The fourth-order valence-corrected chi connectivity index (χ4v) is 3.95. The molecule has 26 heavy (non-hydrogen) atoms. The molecule has 5 nitrogen and oxygen atoms in total. The number of benzene rings is 2. The second kappa shape index (κ2) is 8.86. The summed E-state index contributed by atoms with van der Waals surface area (Å²) in [5, 5.41) is 3.77. The van der Waals surface area contributed by atoms with Gasteiger partial charge in [-0.25, -0.2) is 13.1 Å². The summed E-state index contributed by atoms with van der Waals surface area (Å²) in [6.45, 7) is 3.68. The van der Waals surface area contributed by atoms with E-state index in [4.69, 9.17) is 23.2 Å². The molecule has 2 aromatic carbocycles. The van der Waals surface area contributed by atoms with Gasteiger partial charge >= 0.3 is 0 Å². The Morgan fingerprint density at radius 2 is 1.77 bits per heavy atom. The van der Waals surface area contributed by atoms with Gasteiger partial charge in [0.25, 0.3) is 0 Å². The third-order valence-electron chi connectivity index (χ3n) is 3.78. The molecule has 0 aliphatic heterocycles. The van der Waals surface area contributed by atoms with Gasteiger partial charge in [-0.15, -0.1) is 0 Å². The number of sulfonamides is 1. The number of hydrogen-bond acceptors (Lipinski definition) is 3. The summed E-state index contributed by atoms with van der Waals surface area (Å²) in [7, 11) is -3.63. The minimum atomic E-state index is -3.63. The maximum absolute atomic E-state index is 12.2. The van der Waals surface area contributed by atoms with Gasteiger partial charge in [-0.2, -0.15) is 0 Å². The smallest absolute Gasteiger partial charge is 0.240 e. The maximum Gasteiger partial charge on any atom is 0.240 e. The first kappa shape index (κ1) is 20.7. The number of amides is 1. The minimum Gasteiger partial charge on any atom is -0.349 e. The lowest BCUT2D eigenvalue weighted by Gasteiger charge is -2.16. The maximum atomic E-state index is 12.2. The highest BCUT2D eigenvalue weighted by Gasteiger charge is 2.16. The van der Waals surface area contributed by atoms with E-state index in [1.165, 1.54) is 12.1 Å². The molecule has 0 unspecified atom stereocenters. The highest BCUT2D eigenvalue weighted by Crippen LogP contribution is 2.26. The molecule has 0 saturated heterocycles. The lowest BCUT2D eigenvalue weighted by molar-refractivity contribution is -0.121. The van der Waals surface area contributed by atoms with Gasteiger partial charge in [0.1, 0.15) is 0 Å². The normalized spacial score (nSPS) is 12.6. The van der Waals surface area contributed by atoms with Gasteiger partial charge < -0.3 is 5.32 Å². The number of rotatable bonds is 7. The van der Waals surface area contributed by atoms with Crippen molar-refractivity contribution in [1.29, 1.82) is 0 Å². The summed E-state index contributed by atoms with van der Waals surface area (Å²) in [6, 6.07) is 11.2. The second-order valence-corrected chi connectivity index (χ2v) is 8.53. The average molecular weight is 415 g/mol. The third kappa shape index (κ3) is 5.71. The molecule has 0 saturated carbocycles. The molecular formula is C18H20Cl2N2O3S. The van der Waals surface area contributed by atoms with Gasteiger partial charge in [0.05, 0.1) is 10.9 Å². The van der Waals surface area contributed by atoms with Crippen LogP contribution in [0.4, 0.5) is 0 Å². The van der Waals surface area contributed by atoms with Gasteiger partial charge in [0.2, 0.25) is 15.9 Å². The molecule has 2 aromatic rings. The largest absolute Gasteiger partial charge is 0.349 e. The summed E-state index contributed by atoms with van der Waals surface area (Å²) in [6.07, 6.45) is 0.0145. The lowest BCUT2D eigenvalue weighted by atomic mass is 10.1. The molecule has 0 heterocycles. The Labute approximate surface area is 163 Å². The molecular weight excluding hydrogens is 395 g/mol. The number of carbonyl (C=O) groups is 1. The standard InChI is InChI=1S/C18H20Cl2N2O3S/c1-12-3-6-15(7-4-12)26(24,25)21-10-9-18(23)22-13(2)16-8-5-14(19)11-17(16)20/h3-8,11,13,21H,9-10H2,1-2H3,(H,22,23)/t13-/m0/s1. The van der Waals surface area contributed by atoms with Crippen molar-refractivity contribution in [3.05, 3.63) is 63.6 Å². The molecule has 0 bridgehead atoms. The van der Waals surface area contributed by atoms with Crippen molar-refractivity contribution in [3.63, 3.8) is 0 Å². The second-order valence-electron chi connectivity index (χ2n) is 5.92. The third-order valence-corrected chi connectivity index (χ3v) is 5.82. The van der Waals surface area contributed by atoms with Crippen molar-refractivity contribution in [3.8, 4) is 0 Å². The van der Waals surface area contributed by atoms with Crippen molar-refractivity contribution in [2.24, 2.45) is 0 Å². The summed E-state index contributed by atoms with van der Waals surface area (Å²) in [5.74, 6) is -0.282. The molecule has 2 N–H and O–H groups in total.